The lowest BCUT2D eigenvalue weighted by atomic mass is 10.2. The highest BCUT2D eigenvalue weighted by molar-refractivity contribution is 9.10. The first-order valence-corrected chi connectivity index (χ1v) is 5.76. The van der Waals surface area contributed by atoms with E-state index in [1.165, 1.54) is 12.1 Å². The SMILES string of the molecule is O=[N+]([O-])c1cc(Br)cc(CNCC(F)(F)CO)c1. The van der Waals surface area contributed by atoms with Crippen LogP contribution in [0.5, 0.6) is 0 Å². The van der Waals surface area contributed by atoms with Crippen molar-refractivity contribution < 1.29 is 18.8 Å². The first-order chi connectivity index (χ1) is 8.34. The van der Waals surface area contributed by atoms with Crippen molar-refractivity contribution in [2.24, 2.45) is 0 Å². The van der Waals surface area contributed by atoms with Crippen molar-refractivity contribution in [2.75, 3.05) is 13.2 Å². The van der Waals surface area contributed by atoms with E-state index in [0.29, 0.717) is 10.0 Å². The standard InChI is InChI=1S/C10H11BrF2N2O3/c11-8-1-7(2-9(3-8)15(17)18)4-14-5-10(12,13)6-16/h1-3,14,16H,4-6H2. The van der Waals surface area contributed by atoms with Gasteiger partial charge in [-0.25, -0.2) is 8.78 Å². The van der Waals surface area contributed by atoms with E-state index in [9.17, 15) is 18.9 Å². The minimum absolute atomic E-state index is 0.0515. The molecule has 0 radical (unpaired) electrons. The minimum atomic E-state index is -3.20. The second-order valence-electron chi connectivity index (χ2n) is 3.69. The number of aliphatic hydroxyl groups excluding tert-OH is 1. The number of nitrogens with one attached hydrogen (secondary N) is 1. The zero-order chi connectivity index (χ0) is 13.8. The van der Waals surface area contributed by atoms with Gasteiger partial charge in [0, 0.05) is 23.2 Å². The molecule has 0 saturated heterocycles. The molecule has 0 spiro atoms. The van der Waals surface area contributed by atoms with Gasteiger partial charge in [-0.05, 0) is 11.6 Å². The van der Waals surface area contributed by atoms with E-state index in [4.69, 9.17) is 5.11 Å². The number of nitro groups is 1. The van der Waals surface area contributed by atoms with Crippen LogP contribution in [0.15, 0.2) is 22.7 Å². The fraction of sp³-hybridized carbons (Fsp3) is 0.400. The highest BCUT2D eigenvalue weighted by atomic mass is 79.9. The third kappa shape index (κ3) is 4.63. The van der Waals surface area contributed by atoms with Gasteiger partial charge in [0.05, 0.1) is 11.5 Å². The molecule has 0 unspecified atom stereocenters. The minimum Gasteiger partial charge on any atom is -0.390 e. The highest BCUT2D eigenvalue weighted by Crippen LogP contribution is 2.21. The number of hydrogen-bond acceptors (Lipinski definition) is 4. The molecule has 1 aromatic carbocycles. The van der Waals surface area contributed by atoms with Gasteiger partial charge in [-0.1, -0.05) is 15.9 Å². The summed E-state index contributed by atoms with van der Waals surface area (Å²) in [6.07, 6.45) is 0. The predicted octanol–water partition coefficient (Wildman–Crippen LogP) is 2.07. The number of non-ortho nitro benzene ring substituents is 1. The van der Waals surface area contributed by atoms with Crippen molar-refractivity contribution in [2.45, 2.75) is 12.5 Å². The molecular weight excluding hydrogens is 314 g/mol. The number of alkyl halides is 2. The van der Waals surface area contributed by atoms with Crippen molar-refractivity contribution in [1.29, 1.82) is 0 Å². The normalized spacial score (nSPS) is 11.6. The van der Waals surface area contributed by atoms with Crippen LogP contribution < -0.4 is 5.32 Å². The first-order valence-electron chi connectivity index (χ1n) is 4.97. The Hall–Kier alpha value is -1.12. The Balaban J connectivity index is 2.65. The smallest absolute Gasteiger partial charge is 0.282 e. The van der Waals surface area contributed by atoms with E-state index in [0.717, 1.165) is 0 Å². The molecule has 0 saturated carbocycles. The van der Waals surface area contributed by atoms with E-state index in [-0.39, 0.29) is 12.2 Å². The van der Waals surface area contributed by atoms with Crippen molar-refractivity contribution >= 4 is 21.6 Å². The zero-order valence-corrected chi connectivity index (χ0v) is 10.8. The topological polar surface area (TPSA) is 75.4 Å². The van der Waals surface area contributed by atoms with Gasteiger partial charge >= 0.3 is 0 Å². The van der Waals surface area contributed by atoms with Crippen LogP contribution in [0, 0.1) is 10.1 Å². The van der Waals surface area contributed by atoms with Crippen LogP contribution in [-0.4, -0.2) is 29.1 Å². The number of halogens is 3. The molecule has 0 amide bonds. The van der Waals surface area contributed by atoms with Crippen LogP contribution in [0.2, 0.25) is 0 Å². The van der Waals surface area contributed by atoms with Gasteiger partial charge in [-0.15, -0.1) is 0 Å². The number of benzene rings is 1. The summed E-state index contributed by atoms with van der Waals surface area (Å²) < 4.78 is 25.9. The fourth-order valence-corrected chi connectivity index (χ4v) is 1.82. The molecule has 0 aliphatic heterocycles. The number of aliphatic hydroxyl groups is 1. The molecule has 100 valence electrons. The van der Waals surface area contributed by atoms with Crippen LogP contribution >= 0.6 is 15.9 Å². The lowest BCUT2D eigenvalue weighted by Crippen LogP contribution is -2.35. The molecule has 5 nitrogen and oxygen atoms in total. The largest absolute Gasteiger partial charge is 0.390 e. The molecule has 8 heteroatoms. The molecule has 0 aliphatic carbocycles. The zero-order valence-electron chi connectivity index (χ0n) is 9.20. The Morgan fingerprint density at radius 1 is 1.44 bits per heavy atom. The fourth-order valence-electron chi connectivity index (χ4n) is 1.29. The monoisotopic (exact) mass is 324 g/mol. The third-order valence-electron chi connectivity index (χ3n) is 2.10. The second kappa shape index (κ2) is 6.17. The molecule has 0 bridgehead atoms. The van der Waals surface area contributed by atoms with Crippen LogP contribution in [0.25, 0.3) is 0 Å². The molecule has 0 atom stereocenters. The van der Waals surface area contributed by atoms with Gasteiger partial charge in [-0.3, -0.25) is 10.1 Å². The summed E-state index contributed by atoms with van der Waals surface area (Å²) in [6.45, 7) is -1.88. The van der Waals surface area contributed by atoms with Gasteiger partial charge < -0.3 is 10.4 Å². The van der Waals surface area contributed by atoms with E-state index in [2.05, 4.69) is 21.2 Å². The predicted molar refractivity (Wildman–Crippen MR) is 64.5 cm³/mol. The molecule has 0 aliphatic rings. The summed E-state index contributed by atoms with van der Waals surface area (Å²) in [5.41, 5.74) is 0.389. The second-order valence-corrected chi connectivity index (χ2v) is 4.61. The van der Waals surface area contributed by atoms with E-state index < -0.39 is 24.0 Å². The number of rotatable bonds is 6. The van der Waals surface area contributed by atoms with E-state index >= 15 is 0 Å². The number of nitrogens with zero attached hydrogens (tertiary/aromatic N) is 1. The lowest BCUT2D eigenvalue weighted by molar-refractivity contribution is -0.385. The van der Waals surface area contributed by atoms with E-state index in [1.54, 1.807) is 6.07 Å². The lowest BCUT2D eigenvalue weighted by Gasteiger charge is -2.13. The third-order valence-corrected chi connectivity index (χ3v) is 2.56. The number of hydrogen-bond donors (Lipinski definition) is 2. The quantitative estimate of drug-likeness (QED) is 0.620. The molecule has 0 heterocycles. The summed E-state index contributed by atoms with van der Waals surface area (Å²) in [5.74, 6) is -3.20. The van der Waals surface area contributed by atoms with Gasteiger partial charge in [-0.2, -0.15) is 0 Å². The van der Waals surface area contributed by atoms with Crippen LogP contribution in [0.3, 0.4) is 0 Å². The Bertz CT molecular complexity index is 443. The van der Waals surface area contributed by atoms with Crippen molar-refractivity contribution in [3.8, 4) is 0 Å². The van der Waals surface area contributed by atoms with Crippen LogP contribution in [0.1, 0.15) is 5.56 Å². The van der Waals surface area contributed by atoms with Gasteiger partial charge in [0.2, 0.25) is 0 Å². The highest BCUT2D eigenvalue weighted by Gasteiger charge is 2.26. The molecule has 0 aromatic heterocycles. The average molecular weight is 325 g/mol. The number of nitro benzene ring substituents is 1. The van der Waals surface area contributed by atoms with Crippen LogP contribution in [0.4, 0.5) is 14.5 Å². The maximum absolute atomic E-state index is 12.7. The van der Waals surface area contributed by atoms with Gasteiger partial charge in [0.15, 0.2) is 0 Å². The molecule has 2 N–H and O–H groups in total. The van der Waals surface area contributed by atoms with Gasteiger partial charge in [0.25, 0.3) is 11.6 Å². The molecule has 1 rings (SSSR count). The molecule has 18 heavy (non-hydrogen) atoms. The summed E-state index contributed by atoms with van der Waals surface area (Å²) in [6, 6.07) is 4.22. The Morgan fingerprint density at radius 3 is 2.67 bits per heavy atom. The Kier molecular flexibility index (Phi) is 5.12. The summed E-state index contributed by atoms with van der Waals surface area (Å²) in [4.78, 5) is 10.0. The average Bonchev–Trinajstić information content (AvgIpc) is 2.28. The Labute approximate surface area is 110 Å². The maximum atomic E-state index is 12.7. The van der Waals surface area contributed by atoms with E-state index in [1.807, 2.05) is 0 Å². The summed E-state index contributed by atoms with van der Waals surface area (Å²) in [5, 5.41) is 21.4. The van der Waals surface area contributed by atoms with Crippen molar-refractivity contribution in [3.05, 3.63) is 38.3 Å². The molecular formula is C10H11BrF2N2O3. The van der Waals surface area contributed by atoms with Crippen molar-refractivity contribution in [1.82, 2.24) is 5.32 Å². The summed E-state index contributed by atoms with van der Waals surface area (Å²) in [7, 11) is 0. The van der Waals surface area contributed by atoms with Crippen LogP contribution in [-0.2, 0) is 6.54 Å². The van der Waals surface area contributed by atoms with Gasteiger partial charge in [0.1, 0.15) is 6.61 Å². The Morgan fingerprint density at radius 2 is 2.11 bits per heavy atom. The molecule has 0 fully saturated rings. The summed E-state index contributed by atoms with van der Waals surface area (Å²) >= 11 is 3.11. The maximum Gasteiger partial charge on any atom is 0.282 e. The first kappa shape index (κ1) is 14.9. The molecule has 1 aromatic rings. The van der Waals surface area contributed by atoms with Crippen molar-refractivity contribution in [3.63, 3.8) is 0 Å².